The first-order valence-corrected chi connectivity index (χ1v) is 14.7. The summed E-state index contributed by atoms with van der Waals surface area (Å²) < 4.78 is 6.40. The number of nitrogens with zero attached hydrogens (tertiary/aromatic N) is 4. The lowest BCUT2D eigenvalue weighted by Crippen LogP contribution is -2.39. The molecule has 2 aromatic heterocycles. The Bertz CT molecular complexity index is 1200. The van der Waals surface area contributed by atoms with E-state index in [2.05, 4.69) is 49.3 Å². The first kappa shape index (κ1) is 26.1. The fraction of sp³-hybridized carbons (Fsp3) is 0.379. The zero-order valence-corrected chi connectivity index (χ0v) is 23.3. The van der Waals surface area contributed by atoms with Crippen LogP contribution in [0.1, 0.15) is 44.6 Å². The summed E-state index contributed by atoms with van der Waals surface area (Å²) in [7, 11) is 0. The van der Waals surface area contributed by atoms with Gasteiger partial charge in [-0.25, -0.2) is 4.98 Å². The van der Waals surface area contributed by atoms with Crippen LogP contribution in [-0.4, -0.2) is 39.5 Å². The van der Waals surface area contributed by atoms with Gasteiger partial charge in [0.1, 0.15) is 11.2 Å². The summed E-state index contributed by atoms with van der Waals surface area (Å²) in [6, 6.07) is 18.8. The minimum absolute atomic E-state index is 0.225. The number of likely N-dealkylation sites (tertiary alicyclic amines) is 1. The van der Waals surface area contributed by atoms with Crippen molar-refractivity contribution in [2.75, 3.05) is 18.0 Å². The lowest BCUT2D eigenvalue weighted by Gasteiger charge is -2.37. The highest BCUT2D eigenvalue weighted by atomic mass is 32.2. The average Bonchev–Trinajstić information content (AvgIpc) is 3.26. The molecule has 1 fully saturated rings. The van der Waals surface area contributed by atoms with Crippen LogP contribution in [-0.2, 0) is 0 Å². The number of benzene rings is 1. The van der Waals surface area contributed by atoms with Crippen LogP contribution >= 0.6 is 23.5 Å². The molecule has 1 saturated heterocycles. The minimum Gasteiger partial charge on any atom is -0.453 e. The zero-order valence-electron chi connectivity index (χ0n) is 21.7. The molecule has 6 nitrogen and oxygen atoms in total. The van der Waals surface area contributed by atoms with Gasteiger partial charge >= 0.3 is 0 Å². The Morgan fingerprint density at radius 3 is 2.46 bits per heavy atom. The Balaban J connectivity index is 1.46. The molecule has 0 spiro atoms. The number of rotatable bonds is 8. The SMILES string of the molecule is CC1=CSC(N)N1c1ncc(SC(c2ccccn2)C2CCN(C(C)C)CC2)cc1Oc1ccccc1. The molecule has 4 heterocycles. The van der Waals surface area contributed by atoms with Crippen molar-refractivity contribution in [1.82, 2.24) is 14.9 Å². The number of aromatic nitrogens is 2. The molecule has 2 aliphatic heterocycles. The number of nitrogens with two attached hydrogens (primary N) is 1. The van der Waals surface area contributed by atoms with E-state index in [4.69, 9.17) is 20.4 Å². The smallest absolute Gasteiger partial charge is 0.178 e. The molecule has 0 radical (unpaired) electrons. The largest absolute Gasteiger partial charge is 0.453 e. The highest BCUT2D eigenvalue weighted by Crippen LogP contribution is 2.47. The standard InChI is InChI=1S/C29H35N5OS2/c1-20(2)33-15-12-22(13-16-33)27(25-11-7-8-14-31-25)37-24-17-26(35-23-9-5-4-6-10-23)28(32-18-24)34-21(3)19-36-29(34)30/h4-11,14,17-20,22,27,29H,12-13,15-16,30H2,1-3H3. The van der Waals surface area contributed by atoms with Crippen molar-refractivity contribution < 1.29 is 4.74 Å². The number of piperidine rings is 1. The van der Waals surface area contributed by atoms with Gasteiger partial charge in [0.2, 0.25) is 0 Å². The van der Waals surface area contributed by atoms with E-state index in [1.165, 1.54) is 0 Å². The molecule has 2 atom stereocenters. The van der Waals surface area contributed by atoms with Gasteiger partial charge in [-0.05, 0) is 88.4 Å². The number of ether oxygens (including phenoxy) is 1. The Kier molecular flexibility index (Phi) is 8.39. The molecule has 0 aliphatic carbocycles. The summed E-state index contributed by atoms with van der Waals surface area (Å²) in [5.41, 5.74) is 8.38. The summed E-state index contributed by atoms with van der Waals surface area (Å²) in [5, 5.41) is 2.32. The van der Waals surface area contributed by atoms with Crippen LogP contribution in [0.25, 0.3) is 0 Å². The summed E-state index contributed by atoms with van der Waals surface area (Å²) in [6.07, 6.45) is 6.18. The second-order valence-corrected chi connectivity index (χ2v) is 12.0. The third-order valence-corrected chi connectivity index (χ3v) is 9.34. The topological polar surface area (TPSA) is 67.5 Å². The number of hydrogen-bond donors (Lipinski definition) is 1. The van der Waals surface area contributed by atoms with E-state index in [9.17, 15) is 0 Å². The Labute approximate surface area is 228 Å². The van der Waals surface area contributed by atoms with Crippen molar-refractivity contribution in [2.24, 2.45) is 11.7 Å². The number of anilines is 1. The molecule has 2 unspecified atom stereocenters. The minimum atomic E-state index is -0.225. The molecule has 37 heavy (non-hydrogen) atoms. The molecule has 8 heteroatoms. The molecular weight excluding hydrogens is 498 g/mol. The van der Waals surface area contributed by atoms with Crippen molar-refractivity contribution in [3.8, 4) is 11.5 Å². The van der Waals surface area contributed by atoms with Crippen molar-refractivity contribution in [2.45, 2.75) is 55.3 Å². The second kappa shape index (κ2) is 11.9. The predicted octanol–water partition coefficient (Wildman–Crippen LogP) is 6.88. The Hall–Kier alpha value is -2.52. The van der Waals surface area contributed by atoms with Gasteiger partial charge in [-0.1, -0.05) is 36.0 Å². The van der Waals surface area contributed by atoms with Crippen molar-refractivity contribution in [3.63, 3.8) is 0 Å². The average molecular weight is 534 g/mol. The van der Waals surface area contributed by atoms with Gasteiger partial charge in [0.05, 0.1) is 10.9 Å². The van der Waals surface area contributed by atoms with Gasteiger partial charge in [-0.2, -0.15) is 0 Å². The third kappa shape index (κ3) is 6.14. The summed E-state index contributed by atoms with van der Waals surface area (Å²) in [6.45, 7) is 8.88. The molecule has 194 valence electrons. The van der Waals surface area contributed by atoms with Crippen molar-refractivity contribution in [3.05, 3.63) is 83.8 Å². The van der Waals surface area contributed by atoms with E-state index in [0.717, 1.165) is 53.8 Å². The van der Waals surface area contributed by atoms with Crippen LogP contribution < -0.4 is 15.4 Å². The molecule has 5 rings (SSSR count). The third-order valence-electron chi connectivity index (χ3n) is 6.99. The number of hydrogen-bond acceptors (Lipinski definition) is 8. The maximum Gasteiger partial charge on any atom is 0.178 e. The van der Waals surface area contributed by atoms with Gasteiger partial charge in [0, 0.05) is 29.0 Å². The van der Waals surface area contributed by atoms with Crippen LogP contribution in [0.4, 0.5) is 5.82 Å². The molecule has 2 N–H and O–H groups in total. The second-order valence-electron chi connectivity index (χ2n) is 9.82. The fourth-order valence-corrected chi connectivity index (χ4v) is 7.10. The first-order valence-electron chi connectivity index (χ1n) is 12.9. The molecule has 3 aromatic rings. The van der Waals surface area contributed by atoms with E-state index < -0.39 is 0 Å². The quantitative estimate of drug-likeness (QED) is 0.314. The Morgan fingerprint density at radius 2 is 1.81 bits per heavy atom. The lowest BCUT2D eigenvalue weighted by atomic mass is 9.91. The maximum atomic E-state index is 6.41. The zero-order chi connectivity index (χ0) is 25.8. The van der Waals surface area contributed by atoms with E-state index in [0.29, 0.717) is 17.7 Å². The van der Waals surface area contributed by atoms with E-state index in [1.807, 2.05) is 65.5 Å². The van der Waals surface area contributed by atoms with Crippen LogP contribution in [0.5, 0.6) is 11.5 Å². The highest BCUT2D eigenvalue weighted by Gasteiger charge is 2.31. The fourth-order valence-electron chi connectivity index (χ4n) is 4.96. The Morgan fingerprint density at radius 1 is 1.05 bits per heavy atom. The first-order chi connectivity index (χ1) is 18.0. The van der Waals surface area contributed by atoms with Gasteiger partial charge in [-0.15, -0.1) is 11.8 Å². The highest BCUT2D eigenvalue weighted by molar-refractivity contribution is 8.03. The summed E-state index contributed by atoms with van der Waals surface area (Å²) in [5.74, 6) is 2.76. The molecule has 0 amide bonds. The maximum absolute atomic E-state index is 6.41. The number of allylic oxidation sites excluding steroid dienone is 1. The number of thioether (sulfide) groups is 2. The normalized spacial score (nSPS) is 19.8. The lowest BCUT2D eigenvalue weighted by molar-refractivity contribution is 0.148. The van der Waals surface area contributed by atoms with Gasteiger partial charge < -0.3 is 20.3 Å². The van der Waals surface area contributed by atoms with Crippen LogP contribution in [0.2, 0.25) is 0 Å². The van der Waals surface area contributed by atoms with Crippen LogP contribution in [0, 0.1) is 5.92 Å². The van der Waals surface area contributed by atoms with E-state index >= 15 is 0 Å². The molecule has 0 saturated carbocycles. The van der Waals surface area contributed by atoms with Gasteiger partial charge in [0.15, 0.2) is 11.6 Å². The van der Waals surface area contributed by atoms with Crippen LogP contribution in [0.3, 0.4) is 0 Å². The van der Waals surface area contributed by atoms with Gasteiger partial charge in [0.25, 0.3) is 0 Å². The predicted molar refractivity (Wildman–Crippen MR) is 155 cm³/mol. The van der Waals surface area contributed by atoms with Gasteiger partial charge in [-0.3, -0.25) is 4.98 Å². The molecule has 0 bridgehead atoms. The van der Waals surface area contributed by atoms with Crippen LogP contribution in [0.15, 0.2) is 83.0 Å². The number of para-hydroxylation sites is 1. The van der Waals surface area contributed by atoms with Crippen molar-refractivity contribution >= 4 is 29.3 Å². The van der Waals surface area contributed by atoms with E-state index in [1.54, 1.807) is 11.8 Å². The molecule has 1 aromatic carbocycles. The molecule has 2 aliphatic rings. The summed E-state index contributed by atoms with van der Waals surface area (Å²) in [4.78, 5) is 15.4. The molecular formula is C29H35N5OS2. The number of pyridine rings is 2. The summed E-state index contributed by atoms with van der Waals surface area (Å²) >= 11 is 3.43. The van der Waals surface area contributed by atoms with Crippen molar-refractivity contribution in [1.29, 1.82) is 0 Å². The van der Waals surface area contributed by atoms with E-state index in [-0.39, 0.29) is 10.7 Å². The monoisotopic (exact) mass is 533 g/mol.